The van der Waals surface area contributed by atoms with Crippen molar-refractivity contribution < 1.29 is 13.9 Å². The highest BCUT2D eigenvalue weighted by Crippen LogP contribution is 2.24. The van der Waals surface area contributed by atoms with Crippen LogP contribution in [0.1, 0.15) is 17.5 Å². The summed E-state index contributed by atoms with van der Waals surface area (Å²) in [6.07, 6.45) is 0.374. The van der Waals surface area contributed by atoms with E-state index < -0.39 is 0 Å². The number of aliphatic hydroxyl groups is 1. The van der Waals surface area contributed by atoms with Gasteiger partial charge < -0.3 is 5.11 Å². The molecule has 0 unspecified atom stereocenters. The number of rotatable bonds is 4. The van der Waals surface area contributed by atoms with Crippen LogP contribution in [-0.4, -0.2) is 11.7 Å². The number of benzene rings is 2. The van der Waals surface area contributed by atoms with Crippen molar-refractivity contribution in [1.29, 1.82) is 0 Å². The molecule has 0 heterocycles. The summed E-state index contributed by atoms with van der Waals surface area (Å²) in [5, 5.41) is 8.63. The van der Waals surface area contributed by atoms with Crippen molar-refractivity contribution in [3.63, 3.8) is 0 Å². The van der Waals surface area contributed by atoms with Crippen molar-refractivity contribution in [2.45, 2.75) is 17.1 Å². The fourth-order valence-corrected chi connectivity index (χ4v) is 2.61. The first-order valence-corrected chi connectivity index (χ1v) is 7.44. The van der Waals surface area contributed by atoms with Crippen LogP contribution >= 0.6 is 11.8 Å². The molecule has 0 saturated carbocycles. The van der Waals surface area contributed by atoms with Gasteiger partial charge in [-0.25, -0.2) is 8.78 Å². The molecule has 4 heteroatoms. The van der Waals surface area contributed by atoms with E-state index in [9.17, 15) is 8.78 Å². The maximum absolute atomic E-state index is 13.9. The van der Waals surface area contributed by atoms with Gasteiger partial charge in [0.1, 0.15) is 11.6 Å². The lowest BCUT2D eigenvalue weighted by Crippen LogP contribution is -1.89. The van der Waals surface area contributed by atoms with Crippen molar-refractivity contribution in [3.05, 3.63) is 65.2 Å². The fourth-order valence-electron chi connectivity index (χ4n) is 1.68. The monoisotopic (exact) mass is 304 g/mol. The topological polar surface area (TPSA) is 20.2 Å². The Bertz CT molecular complexity index is 674. The van der Waals surface area contributed by atoms with Crippen molar-refractivity contribution in [3.8, 4) is 11.8 Å². The predicted molar refractivity (Wildman–Crippen MR) is 80.9 cm³/mol. The predicted octanol–water partition coefficient (Wildman–Crippen LogP) is 3.99. The first-order chi connectivity index (χ1) is 10.2. The van der Waals surface area contributed by atoms with Crippen molar-refractivity contribution >= 4 is 11.8 Å². The second-order valence-corrected chi connectivity index (χ2v) is 5.38. The summed E-state index contributed by atoms with van der Waals surface area (Å²) < 4.78 is 27.0. The van der Waals surface area contributed by atoms with Crippen molar-refractivity contribution in [2.24, 2.45) is 0 Å². The van der Waals surface area contributed by atoms with Crippen LogP contribution in [0.2, 0.25) is 0 Å². The lowest BCUT2D eigenvalue weighted by Gasteiger charge is -2.04. The molecule has 2 aromatic rings. The van der Waals surface area contributed by atoms with Gasteiger partial charge in [0.05, 0.1) is 6.61 Å². The van der Waals surface area contributed by atoms with E-state index in [2.05, 4.69) is 11.8 Å². The molecular formula is C17H14F2OS. The smallest absolute Gasteiger partial charge is 0.128 e. The molecule has 0 fully saturated rings. The number of thioether (sulfide) groups is 1. The second kappa shape index (κ2) is 7.82. The molecule has 0 aliphatic rings. The van der Waals surface area contributed by atoms with Gasteiger partial charge in [-0.3, -0.25) is 0 Å². The Kier molecular flexibility index (Phi) is 5.79. The van der Waals surface area contributed by atoms with Gasteiger partial charge in [0, 0.05) is 22.6 Å². The van der Waals surface area contributed by atoms with Crippen LogP contribution in [-0.2, 0) is 5.75 Å². The highest BCUT2D eigenvalue weighted by molar-refractivity contribution is 7.98. The van der Waals surface area contributed by atoms with Gasteiger partial charge in [-0.1, -0.05) is 24.0 Å². The van der Waals surface area contributed by atoms with Gasteiger partial charge in [-0.15, -0.1) is 11.8 Å². The number of hydrogen-bond donors (Lipinski definition) is 1. The van der Waals surface area contributed by atoms with E-state index in [4.69, 9.17) is 5.11 Å². The molecule has 2 aromatic carbocycles. The second-order valence-electron chi connectivity index (χ2n) is 4.33. The van der Waals surface area contributed by atoms with Crippen LogP contribution in [0.5, 0.6) is 0 Å². The van der Waals surface area contributed by atoms with E-state index in [0.29, 0.717) is 23.3 Å². The van der Waals surface area contributed by atoms with Gasteiger partial charge in [0.25, 0.3) is 0 Å². The minimum absolute atomic E-state index is 0.00214. The van der Waals surface area contributed by atoms with Gasteiger partial charge in [0.2, 0.25) is 0 Å². The summed E-state index contributed by atoms with van der Waals surface area (Å²) in [6.45, 7) is -0.00214. The molecule has 108 valence electrons. The molecule has 0 saturated heterocycles. The quantitative estimate of drug-likeness (QED) is 0.681. The molecule has 0 spiro atoms. The summed E-state index contributed by atoms with van der Waals surface area (Å²) in [7, 11) is 0. The first kappa shape index (κ1) is 15.6. The lowest BCUT2D eigenvalue weighted by atomic mass is 10.1. The van der Waals surface area contributed by atoms with Crippen LogP contribution in [0.25, 0.3) is 0 Å². The summed E-state index contributed by atoms with van der Waals surface area (Å²) in [6, 6.07) is 11.0. The summed E-state index contributed by atoms with van der Waals surface area (Å²) in [4.78, 5) is 0.765. The van der Waals surface area contributed by atoms with Crippen LogP contribution in [0.15, 0.2) is 47.4 Å². The zero-order chi connectivity index (χ0) is 15.1. The largest absolute Gasteiger partial charge is 0.395 e. The third-order valence-corrected chi connectivity index (χ3v) is 3.76. The standard InChI is InChI=1S/C17H14F2OS/c18-15-5-3-6-16(11-15)21-12-14-8-7-13(10-17(14)19)4-1-2-9-20/h3,5-8,10-11,20H,2,9,12H2. The van der Waals surface area contributed by atoms with Gasteiger partial charge in [0.15, 0.2) is 0 Å². The number of aliphatic hydroxyl groups excluding tert-OH is 1. The highest BCUT2D eigenvalue weighted by Gasteiger charge is 2.04. The lowest BCUT2D eigenvalue weighted by molar-refractivity contribution is 0.305. The van der Waals surface area contributed by atoms with Crippen LogP contribution in [0, 0.1) is 23.5 Å². The van der Waals surface area contributed by atoms with Crippen molar-refractivity contribution in [1.82, 2.24) is 0 Å². The minimum Gasteiger partial charge on any atom is -0.395 e. The van der Waals surface area contributed by atoms with E-state index in [1.807, 2.05) is 0 Å². The van der Waals surface area contributed by atoms with Crippen LogP contribution in [0.3, 0.4) is 0 Å². The van der Waals surface area contributed by atoms with E-state index in [0.717, 1.165) is 4.90 Å². The van der Waals surface area contributed by atoms with E-state index >= 15 is 0 Å². The molecule has 0 aliphatic heterocycles. The highest BCUT2D eigenvalue weighted by atomic mass is 32.2. The van der Waals surface area contributed by atoms with E-state index in [-0.39, 0.29) is 18.2 Å². The van der Waals surface area contributed by atoms with Gasteiger partial charge >= 0.3 is 0 Å². The average Bonchev–Trinajstić information content (AvgIpc) is 2.47. The average molecular weight is 304 g/mol. The zero-order valence-electron chi connectivity index (χ0n) is 11.3. The molecule has 2 rings (SSSR count). The zero-order valence-corrected chi connectivity index (χ0v) is 12.1. The number of hydrogen-bond acceptors (Lipinski definition) is 2. The SMILES string of the molecule is OCCC#Cc1ccc(CSc2cccc(F)c2)c(F)c1. The Morgan fingerprint density at radius 3 is 2.67 bits per heavy atom. The normalized spacial score (nSPS) is 10.0. The van der Waals surface area contributed by atoms with Crippen LogP contribution in [0.4, 0.5) is 8.78 Å². The Morgan fingerprint density at radius 1 is 1.10 bits per heavy atom. The summed E-state index contributed by atoms with van der Waals surface area (Å²) in [5.74, 6) is 5.35. The summed E-state index contributed by atoms with van der Waals surface area (Å²) in [5.41, 5.74) is 1.14. The minimum atomic E-state index is -0.324. The Labute approximate surface area is 127 Å². The third-order valence-electron chi connectivity index (χ3n) is 2.71. The van der Waals surface area contributed by atoms with Crippen molar-refractivity contribution in [2.75, 3.05) is 6.61 Å². The molecule has 0 amide bonds. The Balaban J connectivity index is 2.03. The van der Waals surface area contributed by atoms with Gasteiger partial charge in [-0.2, -0.15) is 0 Å². The maximum atomic E-state index is 13.9. The molecule has 1 nitrogen and oxygen atoms in total. The van der Waals surface area contributed by atoms with Crippen LogP contribution < -0.4 is 0 Å². The number of halogens is 2. The maximum Gasteiger partial charge on any atom is 0.128 e. The fraction of sp³-hybridized carbons (Fsp3) is 0.176. The van der Waals surface area contributed by atoms with E-state index in [1.165, 1.54) is 30.0 Å². The molecule has 0 radical (unpaired) electrons. The molecule has 0 aliphatic carbocycles. The molecule has 0 atom stereocenters. The summed E-state index contributed by atoms with van der Waals surface area (Å²) >= 11 is 1.38. The third kappa shape index (κ3) is 4.89. The first-order valence-electron chi connectivity index (χ1n) is 6.45. The Morgan fingerprint density at radius 2 is 1.95 bits per heavy atom. The van der Waals surface area contributed by atoms with Gasteiger partial charge in [-0.05, 0) is 35.9 Å². The Hall–Kier alpha value is -1.83. The molecule has 0 aromatic heterocycles. The van der Waals surface area contributed by atoms with E-state index in [1.54, 1.807) is 24.3 Å². The molecule has 21 heavy (non-hydrogen) atoms. The molecular weight excluding hydrogens is 290 g/mol. The molecule has 0 bridgehead atoms. The molecule has 1 N–H and O–H groups in total.